The average molecular weight is 307 g/mol. The zero-order valence-corrected chi connectivity index (χ0v) is 10.9. The molecule has 22 heavy (non-hydrogen) atoms. The van der Waals surface area contributed by atoms with Crippen LogP contribution >= 0.6 is 0 Å². The van der Waals surface area contributed by atoms with E-state index in [1.807, 2.05) is 0 Å². The van der Waals surface area contributed by atoms with Gasteiger partial charge in [0.05, 0.1) is 5.56 Å². The first-order chi connectivity index (χ1) is 10.5. The predicted molar refractivity (Wildman–Crippen MR) is 69.0 cm³/mol. The molecule has 0 unspecified atom stereocenters. The third-order valence-electron chi connectivity index (χ3n) is 2.75. The fourth-order valence-electron chi connectivity index (χ4n) is 1.69. The van der Waals surface area contributed by atoms with Gasteiger partial charge in [-0.15, -0.1) is 10.2 Å². The molecular formula is C14H8F3N3O2. The summed E-state index contributed by atoms with van der Waals surface area (Å²) in [5.74, 6) is 0.855. The first kappa shape index (κ1) is 14.1. The summed E-state index contributed by atoms with van der Waals surface area (Å²) in [6, 6.07) is 8.70. The highest BCUT2D eigenvalue weighted by Gasteiger charge is 2.30. The molecule has 0 saturated carbocycles. The van der Waals surface area contributed by atoms with Crippen molar-refractivity contribution in [1.82, 2.24) is 15.2 Å². The van der Waals surface area contributed by atoms with Gasteiger partial charge < -0.3 is 9.15 Å². The van der Waals surface area contributed by atoms with Crippen molar-refractivity contribution >= 4 is 0 Å². The number of hydrogen-bond acceptors (Lipinski definition) is 5. The van der Waals surface area contributed by atoms with Gasteiger partial charge in [-0.1, -0.05) is 0 Å². The van der Waals surface area contributed by atoms with Crippen LogP contribution in [0.3, 0.4) is 0 Å². The Bertz CT molecular complexity index is 739. The van der Waals surface area contributed by atoms with Gasteiger partial charge in [0.15, 0.2) is 0 Å². The van der Waals surface area contributed by atoms with Gasteiger partial charge in [-0.05, 0) is 30.3 Å². The van der Waals surface area contributed by atoms with Crippen LogP contribution in [-0.2, 0) is 6.18 Å². The monoisotopic (exact) mass is 307 g/mol. The summed E-state index contributed by atoms with van der Waals surface area (Å²) in [4.78, 5) is 3.63. The van der Waals surface area contributed by atoms with Crippen LogP contribution in [0.15, 0.2) is 53.4 Å². The molecule has 0 aliphatic heterocycles. The molecule has 0 N–H and O–H groups in total. The molecule has 0 saturated heterocycles. The molecule has 0 radical (unpaired) electrons. The molecule has 8 heteroatoms. The van der Waals surface area contributed by atoms with Crippen LogP contribution in [0, 0.1) is 0 Å². The second-order valence-electron chi connectivity index (χ2n) is 4.25. The molecule has 0 amide bonds. The van der Waals surface area contributed by atoms with Crippen LogP contribution in [0.5, 0.6) is 11.6 Å². The van der Waals surface area contributed by atoms with E-state index >= 15 is 0 Å². The first-order valence-electron chi connectivity index (χ1n) is 6.10. The molecule has 3 aromatic rings. The Kier molecular flexibility index (Phi) is 3.50. The predicted octanol–water partition coefficient (Wildman–Crippen LogP) is 3.94. The molecule has 0 aliphatic carbocycles. The third kappa shape index (κ3) is 3.05. The Balaban J connectivity index is 1.73. The van der Waals surface area contributed by atoms with Gasteiger partial charge in [0.2, 0.25) is 18.2 Å². The number of nitrogens with zero attached hydrogens (tertiary/aromatic N) is 3. The largest absolute Gasteiger partial charge is 0.439 e. The maximum Gasteiger partial charge on any atom is 0.417 e. The summed E-state index contributed by atoms with van der Waals surface area (Å²) in [6.07, 6.45) is -2.48. The zero-order chi connectivity index (χ0) is 15.6. The zero-order valence-electron chi connectivity index (χ0n) is 10.9. The summed E-state index contributed by atoms with van der Waals surface area (Å²) in [7, 11) is 0. The van der Waals surface area contributed by atoms with Crippen LogP contribution in [0.2, 0.25) is 0 Å². The van der Waals surface area contributed by atoms with Crippen molar-refractivity contribution in [3.05, 3.63) is 54.6 Å². The number of benzene rings is 1. The summed E-state index contributed by atoms with van der Waals surface area (Å²) in [5.41, 5.74) is -0.128. The maximum absolute atomic E-state index is 12.4. The van der Waals surface area contributed by atoms with Crippen LogP contribution in [0.1, 0.15) is 5.56 Å². The summed E-state index contributed by atoms with van der Waals surface area (Å²) >= 11 is 0. The lowest BCUT2D eigenvalue weighted by Gasteiger charge is -2.08. The molecule has 2 aromatic heterocycles. The fourth-order valence-corrected chi connectivity index (χ4v) is 1.69. The summed E-state index contributed by atoms with van der Waals surface area (Å²) in [5, 5.41) is 7.32. The van der Waals surface area contributed by atoms with Crippen molar-refractivity contribution in [3.8, 4) is 23.1 Å². The average Bonchev–Trinajstić information content (AvgIpc) is 3.02. The lowest BCUT2D eigenvalue weighted by atomic mass is 10.2. The number of alkyl halides is 3. The molecular weight excluding hydrogens is 299 g/mol. The van der Waals surface area contributed by atoms with Crippen LogP contribution < -0.4 is 4.74 Å². The molecule has 0 fully saturated rings. The van der Waals surface area contributed by atoms with E-state index in [1.165, 1.54) is 6.39 Å². The quantitative estimate of drug-likeness (QED) is 0.733. The van der Waals surface area contributed by atoms with Gasteiger partial charge in [-0.2, -0.15) is 13.2 Å². The molecule has 5 nitrogen and oxygen atoms in total. The molecule has 0 aliphatic rings. The number of pyridine rings is 1. The van der Waals surface area contributed by atoms with Crippen LogP contribution in [0.4, 0.5) is 13.2 Å². The van der Waals surface area contributed by atoms with E-state index in [-0.39, 0.29) is 5.88 Å². The van der Waals surface area contributed by atoms with Crippen molar-refractivity contribution in [3.63, 3.8) is 0 Å². The second kappa shape index (κ2) is 5.47. The topological polar surface area (TPSA) is 61.0 Å². The van der Waals surface area contributed by atoms with Crippen molar-refractivity contribution in [2.24, 2.45) is 0 Å². The normalized spacial score (nSPS) is 11.4. The van der Waals surface area contributed by atoms with E-state index in [0.29, 0.717) is 17.2 Å². The van der Waals surface area contributed by atoms with Crippen molar-refractivity contribution in [2.45, 2.75) is 6.18 Å². The molecule has 2 heterocycles. The highest BCUT2D eigenvalue weighted by molar-refractivity contribution is 5.53. The van der Waals surface area contributed by atoms with Gasteiger partial charge in [-0.3, -0.25) is 0 Å². The van der Waals surface area contributed by atoms with E-state index in [0.717, 1.165) is 18.3 Å². The Hall–Kier alpha value is -2.90. The third-order valence-corrected chi connectivity index (χ3v) is 2.75. The molecule has 1 aromatic carbocycles. The Morgan fingerprint density at radius 3 is 2.32 bits per heavy atom. The van der Waals surface area contributed by atoms with E-state index in [9.17, 15) is 13.2 Å². The number of rotatable bonds is 3. The minimum absolute atomic E-state index is 0.0681. The standard InChI is InChI=1S/C14H8F3N3O2/c15-14(16,17)10-3-6-12(18-7-10)22-11-4-1-9(2-5-11)13-20-19-8-21-13/h1-8H. The lowest BCUT2D eigenvalue weighted by Crippen LogP contribution is -2.05. The van der Waals surface area contributed by atoms with Crippen molar-refractivity contribution in [2.75, 3.05) is 0 Å². The van der Waals surface area contributed by atoms with Gasteiger partial charge >= 0.3 is 6.18 Å². The van der Waals surface area contributed by atoms with Crippen molar-refractivity contribution < 1.29 is 22.3 Å². The highest BCUT2D eigenvalue weighted by Crippen LogP contribution is 2.30. The van der Waals surface area contributed by atoms with Gasteiger partial charge in [0, 0.05) is 17.8 Å². The first-order valence-corrected chi connectivity index (χ1v) is 6.10. The number of aromatic nitrogens is 3. The SMILES string of the molecule is FC(F)(F)c1ccc(Oc2ccc(-c3nnco3)cc2)nc1. The van der Waals surface area contributed by atoms with Crippen molar-refractivity contribution in [1.29, 1.82) is 0 Å². The molecule has 0 bridgehead atoms. The minimum Gasteiger partial charge on any atom is -0.439 e. The number of halogens is 3. The minimum atomic E-state index is -4.42. The highest BCUT2D eigenvalue weighted by atomic mass is 19.4. The number of ether oxygens (including phenoxy) is 1. The Labute approximate surface area is 122 Å². The van der Waals surface area contributed by atoms with E-state index in [2.05, 4.69) is 15.2 Å². The van der Waals surface area contributed by atoms with Gasteiger partial charge in [-0.25, -0.2) is 4.98 Å². The van der Waals surface area contributed by atoms with E-state index < -0.39 is 11.7 Å². The van der Waals surface area contributed by atoms with Crippen LogP contribution in [-0.4, -0.2) is 15.2 Å². The van der Waals surface area contributed by atoms with Gasteiger partial charge in [0.1, 0.15) is 5.75 Å². The smallest absolute Gasteiger partial charge is 0.417 e. The van der Waals surface area contributed by atoms with Crippen LogP contribution in [0.25, 0.3) is 11.5 Å². The fraction of sp³-hybridized carbons (Fsp3) is 0.0714. The Morgan fingerprint density at radius 1 is 1.00 bits per heavy atom. The maximum atomic E-state index is 12.4. The van der Waals surface area contributed by atoms with Gasteiger partial charge in [0.25, 0.3) is 0 Å². The molecule has 0 spiro atoms. The second-order valence-corrected chi connectivity index (χ2v) is 4.25. The van der Waals surface area contributed by atoms with E-state index in [1.54, 1.807) is 24.3 Å². The van der Waals surface area contributed by atoms with E-state index in [4.69, 9.17) is 9.15 Å². The molecule has 3 rings (SSSR count). The summed E-state index contributed by atoms with van der Waals surface area (Å²) in [6.45, 7) is 0. The Morgan fingerprint density at radius 2 is 1.77 bits per heavy atom. The molecule has 112 valence electrons. The number of hydrogen-bond donors (Lipinski definition) is 0. The summed E-state index contributed by atoms with van der Waals surface area (Å²) < 4.78 is 47.7. The molecule has 0 atom stereocenters. The lowest BCUT2D eigenvalue weighted by molar-refractivity contribution is -0.137.